The van der Waals surface area contributed by atoms with E-state index in [0.717, 1.165) is 54.0 Å². The van der Waals surface area contributed by atoms with Gasteiger partial charge in [0, 0.05) is 17.3 Å². The number of amides is 1. The summed E-state index contributed by atoms with van der Waals surface area (Å²) in [5.41, 5.74) is 4.39. The fourth-order valence-corrected chi connectivity index (χ4v) is 6.10. The molecule has 1 aliphatic rings. The first-order valence-electron chi connectivity index (χ1n) is 12.8. The highest BCUT2D eigenvalue weighted by molar-refractivity contribution is 7.90. The van der Waals surface area contributed by atoms with Gasteiger partial charge in [0.15, 0.2) is 5.03 Å². The lowest BCUT2D eigenvalue weighted by molar-refractivity contribution is 0.0978. The van der Waals surface area contributed by atoms with Crippen molar-refractivity contribution in [2.75, 3.05) is 0 Å². The standard InChI is InChI=1S/C29H35N3O4S/c1-6-22-10-12-23(13-11-22)25-15-14-24(28(33)32-37(34,35)26-9-7-8-21(5)30-26)29(31-25)36-27-19(3)16-18(2)17-20(27)4/h7-9,14-17,22-23H,6,10-13H2,1-5H3,(H,32,33). The summed E-state index contributed by atoms with van der Waals surface area (Å²) in [7, 11) is -4.18. The summed E-state index contributed by atoms with van der Waals surface area (Å²) in [6, 6.07) is 12.1. The van der Waals surface area contributed by atoms with E-state index in [-0.39, 0.29) is 22.4 Å². The average Bonchev–Trinajstić information content (AvgIpc) is 2.86. The number of pyridine rings is 2. The molecule has 1 aromatic carbocycles. The number of aryl methyl sites for hydroxylation is 4. The predicted octanol–water partition coefficient (Wildman–Crippen LogP) is 6.31. The van der Waals surface area contributed by atoms with Gasteiger partial charge in [0.05, 0.1) is 0 Å². The van der Waals surface area contributed by atoms with Gasteiger partial charge in [-0.25, -0.2) is 14.7 Å². The first kappa shape index (κ1) is 26.8. The molecule has 3 aromatic rings. The highest BCUT2D eigenvalue weighted by Gasteiger charge is 2.27. The number of sulfonamides is 1. The van der Waals surface area contributed by atoms with Crippen molar-refractivity contribution in [3.05, 3.63) is 76.1 Å². The smallest absolute Gasteiger partial charge is 0.281 e. The normalized spacial score (nSPS) is 17.9. The molecule has 1 amide bonds. The van der Waals surface area contributed by atoms with Crippen LogP contribution in [0.1, 0.15) is 83.4 Å². The topological polar surface area (TPSA) is 98.2 Å². The third kappa shape index (κ3) is 6.18. The van der Waals surface area contributed by atoms with E-state index in [4.69, 9.17) is 9.72 Å². The molecule has 0 bridgehead atoms. The Balaban J connectivity index is 1.70. The Labute approximate surface area is 219 Å². The van der Waals surface area contributed by atoms with Gasteiger partial charge >= 0.3 is 0 Å². The molecular formula is C29H35N3O4S. The van der Waals surface area contributed by atoms with Crippen LogP contribution in [0.3, 0.4) is 0 Å². The third-order valence-electron chi connectivity index (χ3n) is 7.14. The maximum absolute atomic E-state index is 13.3. The van der Waals surface area contributed by atoms with Crippen LogP contribution in [0.4, 0.5) is 0 Å². The molecular weight excluding hydrogens is 486 g/mol. The zero-order valence-corrected chi connectivity index (χ0v) is 23.0. The molecule has 0 radical (unpaired) electrons. The molecule has 1 fully saturated rings. The van der Waals surface area contributed by atoms with Crippen molar-refractivity contribution in [1.82, 2.24) is 14.7 Å². The summed E-state index contributed by atoms with van der Waals surface area (Å²) in [6.07, 6.45) is 5.56. The quantitative estimate of drug-likeness (QED) is 0.391. The van der Waals surface area contributed by atoms with Gasteiger partial charge in [0.25, 0.3) is 15.9 Å². The van der Waals surface area contributed by atoms with E-state index in [1.165, 1.54) is 12.5 Å². The molecule has 1 aliphatic carbocycles. The van der Waals surface area contributed by atoms with Crippen LogP contribution in [0.15, 0.2) is 47.5 Å². The maximum atomic E-state index is 13.3. The molecule has 0 unspecified atom stereocenters. The average molecular weight is 522 g/mol. The summed E-state index contributed by atoms with van der Waals surface area (Å²) in [6.45, 7) is 9.82. The second-order valence-electron chi connectivity index (χ2n) is 10.1. The van der Waals surface area contributed by atoms with E-state index in [2.05, 4.69) is 16.6 Å². The molecule has 196 valence electrons. The van der Waals surface area contributed by atoms with E-state index < -0.39 is 15.9 Å². The number of hydrogen-bond acceptors (Lipinski definition) is 6. The zero-order chi connectivity index (χ0) is 26.7. The Hall–Kier alpha value is -3.26. The van der Waals surface area contributed by atoms with Crippen LogP contribution in [0.2, 0.25) is 0 Å². The van der Waals surface area contributed by atoms with Crippen molar-refractivity contribution >= 4 is 15.9 Å². The van der Waals surface area contributed by atoms with Gasteiger partial charge in [-0.2, -0.15) is 8.42 Å². The first-order valence-corrected chi connectivity index (χ1v) is 14.3. The maximum Gasteiger partial charge on any atom is 0.281 e. The van der Waals surface area contributed by atoms with Gasteiger partial charge in [0.2, 0.25) is 5.88 Å². The van der Waals surface area contributed by atoms with E-state index in [1.54, 1.807) is 25.1 Å². The molecule has 37 heavy (non-hydrogen) atoms. The Kier molecular flexibility index (Phi) is 7.97. The molecule has 0 spiro atoms. The van der Waals surface area contributed by atoms with Crippen molar-refractivity contribution in [2.24, 2.45) is 5.92 Å². The molecule has 0 atom stereocenters. The van der Waals surface area contributed by atoms with Crippen LogP contribution in [-0.4, -0.2) is 24.3 Å². The van der Waals surface area contributed by atoms with Crippen LogP contribution in [0.25, 0.3) is 0 Å². The number of rotatable bonds is 7. The number of hydrogen-bond donors (Lipinski definition) is 1. The minimum Gasteiger partial charge on any atom is -0.438 e. The predicted molar refractivity (Wildman–Crippen MR) is 144 cm³/mol. The lowest BCUT2D eigenvalue weighted by atomic mass is 9.79. The summed E-state index contributed by atoms with van der Waals surface area (Å²) in [4.78, 5) is 22.1. The molecule has 1 saturated carbocycles. The van der Waals surface area contributed by atoms with Gasteiger partial charge in [-0.1, -0.05) is 37.1 Å². The van der Waals surface area contributed by atoms with Crippen molar-refractivity contribution in [3.63, 3.8) is 0 Å². The van der Waals surface area contributed by atoms with Gasteiger partial charge in [0.1, 0.15) is 11.3 Å². The van der Waals surface area contributed by atoms with Gasteiger partial charge in [-0.15, -0.1) is 0 Å². The lowest BCUT2D eigenvalue weighted by Crippen LogP contribution is -2.31. The molecule has 0 saturated heterocycles. The molecule has 0 aliphatic heterocycles. The summed E-state index contributed by atoms with van der Waals surface area (Å²) in [5.74, 6) is 0.935. The summed E-state index contributed by atoms with van der Waals surface area (Å²) >= 11 is 0. The van der Waals surface area contributed by atoms with Crippen molar-refractivity contribution in [1.29, 1.82) is 0 Å². The van der Waals surface area contributed by atoms with Crippen LogP contribution in [0.5, 0.6) is 11.6 Å². The molecule has 2 aromatic heterocycles. The van der Waals surface area contributed by atoms with E-state index in [1.807, 2.05) is 39.0 Å². The number of nitrogens with one attached hydrogen (secondary N) is 1. The fraction of sp³-hybridized carbons (Fsp3) is 0.414. The van der Waals surface area contributed by atoms with Crippen LogP contribution in [-0.2, 0) is 10.0 Å². The minimum atomic E-state index is -4.18. The van der Waals surface area contributed by atoms with E-state index in [9.17, 15) is 13.2 Å². The zero-order valence-electron chi connectivity index (χ0n) is 22.2. The Morgan fingerprint density at radius 1 is 0.973 bits per heavy atom. The summed E-state index contributed by atoms with van der Waals surface area (Å²) < 4.78 is 34.2. The van der Waals surface area contributed by atoms with E-state index >= 15 is 0 Å². The first-order chi connectivity index (χ1) is 17.6. The van der Waals surface area contributed by atoms with Gasteiger partial charge in [-0.05, 0) is 94.7 Å². The third-order valence-corrected chi connectivity index (χ3v) is 8.37. The molecule has 7 nitrogen and oxygen atoms in total. The van der Waals surface area contributed by atoms with E-state index in [0.29, 0.717) is 11.4 Å². The van der Waals surface area contributed by atoms with Gasteiger partial charge in [-0.3, -0.25) is 4.79 Å². The number of aromatic nitrogens is 2. The second kappa shape index (κ2) is 11.0. The molecule has 1 N–H and O–H groups in total. The van der Waals surface area contributed by atoms with Crippen LogP contribution in [0, 0.1) is 33.6 Å². The van der Waals surface area contributed by atoms with Crippen LogP contribution >= 0.6 is 0 Å². The largest absolute Gasteiger partial charge is 0.438 e. The van der Waals surface area contributed by atoms with Gasteiger partial charge < -0.3 is 4.74 Å². The fourth-order valence-electron chi connectivity index (χ4n) is 5.12. The number of nitrogens with zero attached hydrogens (tertiary/aromatic N) is 2. The number of carbonyl (C=O) groups excluding carboxylic acids is 1. The van der Waals surface area contributed by atoms with Crippen molar-refractivity contribution < 1.29 is 17.9 Å². The number of carbonyl (C=O) groups is 1. The second-order valence-corrected chi connectivity index (χ2v) is 11.7. The minimum absolute atomic E-state index is 0.0570. The van der Waals surface area contributed by atoms with Crippen molar-refractivity contribution in [2.45, 2.75) is 77.7 Å². The monoisotopic (exact) mass is 521 g/mol. The van der Waals surface area contributed by atoms with Crippen molar-refractivity contribution in [3.8, 4) is 11.6 Å². The lowest BCUT2D eigenvalue weighted by Gasteiger charge is -2.27. The molecule has 8 heteroatoms. The Bertz CT molecular complexity index is 1390. The molecule has 4 rings (SSSR count). The number of ether oxygens (including phenoxy) is 1. The Morgan fingerprint density at radius 2 is 1.65 bits per heavy atom. The SMILES string of the molecule is CCC1CCC(c2ccc(C(=O)NS(=O)(=O)c3cccc(C)n3)c(Oc3c(C)cc(C)cc3C)n2)CC1. The summed E-state index contributed by atoms with van der Waals surface area (Å²) in [5, 5.41) is -0.217. The van der Waals surface area contributed by atoms with Crippen LogP contribution < -0.4 is 9.46 Å². The Morgan fingerprint density at radius 3 is 2.27 bits per heavy atom. The molecule has 2 heterocycles. The highest BCUT2D eigenvalue weighted by Crippen LogP contribution is 2.38. The highest BCUT2D eigenvalue weighted by atomic mass is 32.2. The number of benzene rings is 1.